The third kappa shape index (κ3) is 4.45. The van der Waals surface area contributed by atoms with Gasteiger partial charge >= 0.3 is 5.97 Å². The van der Waals surface area contributed by atoms with Gasteiger partial charge in [0.1, 0.15) is 18.2 Å². The Morgan fingerprint density at radius 2 is 2.00 bits per heavy atom. The summed E-state index contributed by atoms with van der Waals surface area (Å²) in [5.74, 6) is -0.664. The molecule has 0 radical (unpaired) electrons. The highest BCUT2D eigenvalue weighted by molar-refractivity contribution is 6.31. The molecule has 2 rings (SSSR count). The van der Waals surface area contributed by atoms with E-state index in [-0.39, 0.29) is 18.2 Å². The number of aryl methyl sites for hydroxylation is 1. The summed E-state index contributed by atoms with van der Waals surface area (Å²) in [7, 11) is 0. The first-order chi connectivity index (χ1) is 10.9. The van der Waals surface area contributed by atoms with E-state index in [1.165, 1.54) is 19.1 Å². The Balaban J connectivity index is 2.23. The van der Waals surface area contributed by atoms with Crippen LogP contribution in [-0.2, 0) is 29.0 Å². The van der Waals surface area contributed by atoms with Gasteiger partial charge in [-0.25, -0.2) is 4.39 Å². The van der Waals surface area contributed by atoms with Gasteiger partial charge in [0.25, 0.3) is 0 Å². The molecule has 0 heterocycles. The summed E-state index contributed by atoms with van der Waals surface area (Å²) < 4.78 is 18.7. The van der Waals surface area contributed by atoms with E-state index in [1.54, 1.807) is 12.1 Å². The molecule has 0 saturated heterocycles. The van der Waals surface area contributed by atoms with Crippen molar-refractivity contribution in [3.63, 3.8) is 0 Å². The number of esters is 1. The predicted octanol–water partition coefficient (Wildman–Crippen LogP) is 4.40. The van der Waals surface area contributed by atoms with Crippen molar-refractivity contribution >= 4 is 17.6 Å². The average Bonchev–Trinajstić information content (AvgIpc) is 2.49. The molecule has 0 bridgehead atoms. The second-order valence-corrected chi connectivity index (χ2v) is 5.72. The smallest absolute Gasteiger partial charge is 0.302 e. The number of ether oxygens (including phenoxy) is 1. The van der Waals surface area contributed by atoms with Crippen LogP contribution in [0.25, 0.3) is 0 Å². The van der Waals surface area contributed by atoms with Gasteiger partial charge < -0.3 is 9.84 Å². The average molecular weight is 337 g/mol. The third-order valence-electron chi connectivity index (χ3n) is 3.55. The van der Waals surface area contributed by atoms with E-state index in [4.69, 9.17) is 16.3 Å². The van der Waals surface area contributed by atoms with Crippen LogP contribution in [0.2, 0.25) is 5.02 Å². The topological polar surface area (TPSA) is 46.5 Å². The Kier molecular flexibility index (Phi) is 5.61. The van der Waals surface area contributed by atoms with Gasteiger partial charge in [-0.1, -0.05) is 30.7 Å². The second kappa shape index (κ2) is 7.47. The zero-order valence-corrected chi connectivity index (χ0v) is 13.8. The minimum absolute atomic E-state index is 0.000344. The van der Waals surface area contributed by atoms with Crippen molar-refractivity contribution in [3.8, 4) is 5.75 Å². The molecule has 0 aromatic heterocycles. The number of phenolic OH excluding ortho intramolecular Hbond substituents is 1. The minimum atomic E-state index is -0.406. The number of rotatable bonds is 5. The summed E-state index contributed by atoms with van der Waals surface area (Å²) in [5.41, 5.74) is 2.49. The number of hydrogen-bond donors (Lipinski definition) is 1. The zero-order valence-electron chi connectivity index (χ0n) is 13.0. The SMILES string of the molecule is CCc1ccc(Cc2c(O)cc(COC(C)=O)cc2Cl)cc1F. The molecule has 0 unspecified atom stereocenters. The lowest BCUT2D eigenvalue weighted by atomic mass is 10.0. The maximum Gasteiger partial charge on any atom is 0.302 e. The molecule has 2 aromatic carbocycles. The fourth-order valence-corrected chi connectivity index (χ4v) is 2.62. The van der Waals surface area contributed by atoms with Crippen molar-refractivity contribution in [2.45, 2.75) is 33.3 Å². The van der Waals surface area contributed by atoms with Crippen LogP contribution in [0.3, 0.4) is 0 Å². The molecule has 0 fully saturated rings. The Morgan fingerprint density at radius 1 is 1.26 bits per heavy atom. The molecule has 0 aliphatic carbocycles. The lowest BCUT2D eigenvalue weighted by Crippen LogP contribution is -2.00. The highest BCUT2D eigenvalue weighted by Gasteiger charge is 2.12. The molecule has 3 nitrogen and oxygen atoms in total. The Bertz CT molecular complexity index is 705. The van der Waals surface area contributed by atoms with Gasteiger partial charge in [-0.3, -0.25) is 4.79 Å². The number of phenols is 1. The van der Waals surface area contributed by atoms with E-state index in [1.807, 2.05) is 13.0 Å². The first-order valence-electron chi connectivity index (χ1n) is 7.31. The molecular formula is C18H18ClFO3. The van der Waals surface area contributed by atoms with Gasteiger partial charge in [0.05, 0.1) is 0 Å². The van der Waals surface area contributed by atoms with E-state index in [9.17, 15) is 14.3 Å². The monoisotopic (exact) mass is 336 g/mol. The lowest BCUT2D eigenvalue weighted by Gasteiger charge is -2.11. The normalized spacial score (nSPS) is 10.6. The first kappa shape index (κ1) is 17.3. The van der Waals surface area contributed by atoms with Crippen molar-refractivity contribution in [1.82, 2.24) is 0 Å². The Morgan fingerprint density at radius 3 is 2.57 bits per heavy atom. The number of hydrogen-bond acceptors (Lipinski definition) is 3. The van der Waals surface area contributed by atoms with Gasteiger partial charge in [0.15, 0.2) is 0 Å². The van der Waals surface area contributed by atoms with Crippen LogP contribution in [0.1, 0.15) is 36.1 Å². The Labute approximate surface area is 139 Å². The van der Waals surface area contributed by atoms with Crippen LogP contribution in [0.15, 0.2) is 30.3 Å². The van der Waals surface area contributed by atoms with E-state index < -0.39 is 5.97 Å². The highest BCUT2D eigenvalue weighted by atomic mass is 35.5. The molecular weight excluding hydrogens is 319 g/mol. The molecule has 0 aliphatic heterocycles. The molecule has 122 valence electrons. The first-order valence-corrected chi connectivity index (χ1v) is 7.69. The van der Waals surface area contributed by atoms with Gasteiger partial charge in [0, 0.05) is 23.9 Å². The van der Waals surface area contributed by atoms with E-state index in [0.29, 0.717) is 34.6 Å². The van der Waals surface area contributed by atoms with Crippen molar-refractivity contribution < 1.29 is 19.0 Å². The molecule has 0 spiro atoms. The Hall–Kier alpha value is -2.07. The van der Waals surface area contributed by atoms with Crippen molar-refractivity contribution in [2.75, 3.05) is 0 Å². The molecule has 2 aromatic rings. The molecule has 5 heteroatoms. The maximum atomic E-state index is 13.9. The maximum absolute atomic E-state index is 13.9. The molecule has 1 N–H and O–H groups in total. The van der Waals surface area contributed by atoms with Crippen molar-refractivity contribution in [2.24, 2.45) is 0 Å². The molecule has 0 atom stereocenters. The number of halogens is 2. The molecule has 0 aliphatic rings. The fraction of sp³-hybridized carbons (Fsp3) is 0.278. The summed E-state index contributed by atoms with van der Waals surface area (Å²) in [6, 6.07) is 8.16. The van der Waals surface area contributed by atoms with Gasteiger partial charge in [-0.15, -0.1) is 0 Å². The number of benzene rings is 2. The molecule has 23 heavy (non-hydrogen) atoms. The summed E-state index contributed by atoms with van der Waals surface area (Å²) >= 11 is 6.20. The van der Waals surface area contributed by atoms with Gasteiger partial charge in [-0.2, -0.15) is 0 Å². The van der Waals surface area contributed by atoms with Crippen LogP contribution >= 0.6 is 11.6 Å². The fourth-order valence-electron chi connectivity index (χ4n) is 2.31. The summed E-state index contributed by atoms with van der Waals surface area (Å²) in [6.07, 6.45) is 0.947. The lowest BCUT2D eigenvalue weighted by molar-refractivity contribution is -0.142. The van der Waals surface area contributed by atoms with E-state index in [0.717, 1.165) is 5.56 Å². The zero-order chi connectivity index (χ0) is 17.0. The van der Waals surface area contributed by atoms with E-state index in [2.05, 4.69) is 0 Å². The quantitative estimate of drug-likeness (QED) is 0.823. The molecule has 0 amide bonds. The number of carbonyl (C=O) groups excluding carboxylic acids is 1. The van der Waals surface area contributed by atoms with E-state index >= 15 is 0 Å². The van der Waals surface area contributed by atoms with Crippen LogP contribution < -0.4 is 0 Å². The number of aromatic hydroxyl groups is 1. The molecule has 0 saturated carbocycles. The van der Waals surface area contributed by atoms with Crippen LogP contribution in [0.4, 0.5) is 4.39 Å². The van der Waals surface area contributed by atoms with Crippen LogP contribution in [0.5, 0.6) is 5.75 Å². The number of carbonyl (C=O) groups is 1. The summed E-state index contributed by atoms with van der Waals surface area (Å²) in [5, 5.41) is 10.5. The second-order valence-electron chi connectivity index (χ2n) is 5.31. The van der Waals surface area contributed by atoms with Gasteiger partial charge in [-0.05, 0) is 41.3 Å². The van der Waals surface area contributed by atoms with Gasteiger partial charge in [0.2, 0.25) is 0 Å². The highest BCUT2D eigenvalue weighted by Crippen LogP contribution is 2.30. The third-order valence-corrected chi connectivity index (χ3v) is 3.89. The van der Waals surface area contributed by atoms with Crippen LogP contribution in [0, 0.1) is 5.82 Å². The minimum Gasteiger partial charge on any atom is -0.508 e. The standard InChI is InChI=1S/C18H18ClFO3/c1-3-14-5-4-12(8-17(14)20)6-15-16(19)7-13(9-18(15)22)10-23-11(2)21/h4-5,7-9,22H,3,6,10H2,1-2H3. The predicted molar refractivity (Wildman–Crippen MR) is 87.2 cm³/mol. The summed E-state index contributed by atoms with van der Waals surface area (Å²) in [4.78, 5) is 10.8. The van der Waals surface area contributed by atoms with Crippen molar-refractivity contribution in [1.29, 1.82) is 0 Å². The summed E-state index contributed by atoms with van der Waals surface area (Å²) in [6.45, 7) is 3.25. The largest absolute Gasteiger partial charge is 0.508 e. The van der Waals surface area contributed by atoms with Crippen molar-refractivity contribution in [3.05, 3.63) is 63.4 Å². The van der Waals surface area contributed by atoms with Crippen LogP contribution in [-0.4, -0.2) is 11.1 Å².